The minimum absolute atomic E-state index is 0.153. The van der Waals surface area contributed by atoms with E-state index in [1.165, 1.54) is 14.2 Å². The van der Waals surface area contributed by atoms with Crippen molar-refractivity contribution in [1.82, 2.24) is 14.5 Å². The van der Waals surface area contributed by atoms with Crippen LogP contribution >= 0.6 is 0 Å². The Kier molecular flexibility index (Phi) is 5.49. The van der Waals surface area contributed by atoms with Gasteiger partial charge in [-0.15, -0.1) is 0 Å². The van der Waals surface area contributed by atoms with E-state index in [1.807, 2.05) is 43.3 Å². The van der Waals surface area contributed by atoms with Crippen LogP contribution in [0, 0.1) is 6.92 Å². The number of hydrogen-bond acceptors (Lipinski definition) is 6. The second kappa shape index (κ2) is 8.39. The number of benzene rings is 1. The number of rotatable bonds is 5. The van der Waals surface area contributed by atoms with E-state index in [2.05, 4.69) is 9.97 Å². The Labute approximate surface area is 178 Å². The molecule has 0 atom stereocenters. The van der Waals surface area contributed by atoms with E-state index < -0.39 is 5.97 Å². The smallest absolute Gasteiger partial charge is 0.355 e. The van der Waals surface area contributed by atoms with Crippen LogP contribution in [-0.4, -0.2) is 34.7 Å². The lowest BCUT2D eigenvalue weighted by Crippen LogP contribution is -2.25. The van der Waals surface area contributed by atoms with Crippen LogP contribution < -0.4 is 10.2 Å². The summed E-state index contributed by atoms with van der Waals surface area (Å²) in [5, 5.41) is 0.429. The molecule has 1 aromatic carbocycles. The largest absolute Gasteiger partial charge is 0.481 e. The van der Waals surface area contributed by atoms with Gasteiger partial charge in [0.25, 0.3) is 0 Å². The summed E-state index contributed by atoms with van der Waals surface area (Å²) >= 11 is 0. The first kappa shape index (κ1) is 20.3. The van der Waals surface area contributed by atoms with Crippen molar-refractivity contribution in [2.45, 2.75) is 13.3 Å². The highest BCUT2D eigenvalue weighted by atomic mass is 16.5. The Morgan fingerprint density at radius 2 is 1.81 bits per heavy atom. The second-order valence-electron chi connectivity index (χ2n) is 7.03. The number of methoxy groups -OCH3 is 2. The zero-order valence-electron chi connectivity index (χ0n) is 17.5. The molecule has 4 aromatic rings. The monoisotopic (exact) mass is 415 g/mol. The Morgan fingerprint density at radius 3 is 2.45 bits per heavy atom. The Bertz CT molecular complexity index is 1310. The Balaban J connectivity index is 2.07. The van der Waals surface area contributed by atoms with Crippen molar-refractivity contribution in [3.8, 4) is 11.6 Å². The molecule has 7 nitrogen and oxygen atoms in total. The quantitative estimate of drug-likeness (QED) is 0.464. The predicted octanol–water partition coefficient (Wildman–Crippen LogP) is 3.48. The summed E-state index contributed by atoms with van der Waals surface area (Å²) in [7, 11) is 2.84. The van der Waals surface area contributed by atoms with Gasteiger partial charge in [-0.05, 0) is 36.8 Å². The summed E-state index contributed by atoms with van der Waals surface area (Å²) in [4.78, 5) is 35.2. The molecule has 0 radical (unpaired) electrons. The van der Waals surface area contributed by atoms with Crippen molar-refractivity contribution in [1.29, 1.82) is 0 Å². The van der Waals surface area contributed by atoms with Gasteiger partial charge in [0.1, 0.15) is 11.3 Å². The summed E-state index contributed by atoms with van der Waals surface area (Å²) in [5.74, 6) is -0.139. The zero-order valence-corrected chi connectivity index (χ0v) is 17.5. The molecule has 0 spiro atoms. The van der Waals surface area contributed by atoms with Gasteiger partial charge in [0.05, 0.1) is 19.6 Å². The number of fused-ring (bicyclic) bond motifs is 1. The van der Waals surface area contributed by atoms with Crippen molar-refractivity contribution < 1.29 is 14.3 Å². The summed E-state index contributed by atoms with van der Waals surface area (Å²) in [6, 6.07) is 16.4. The minimum Gasteiger partial charge on any atom is -0.481 e. The fraction of sp³-hybridized carbons (Fsp3) is 0.167. The number of pyridine rings is 3. The Morgan fingerprint density at radius 1 is 1.03 bits per heavy atom. The van der Waals surface area contributed by atoms with Gasteiger partial charge >= 0.3 is 5.97 Å². The first-order chi connectivity index (χ1) is 15.0. The average molecular weight is 415 g/mol. The van der Waals surface area contributed by atoms with Crippen molar-refractivity contribution in [2.24, 2.45) is 0 Å². The van der Waals surface area contributed by atoms with Crippen molar-refractivity contribution in [3.63, 3.8) is 0 Å². The standard InChI is InChI=1S/C24H21N3O4/c1-15-9-11-18-22(28)19(13-16-10-12-20(30-2)25-14-16)21(24(29)31-3)27(23(18)26-15)17-7-5-4-6-8-17/h4-12,14H,13H2,1-3H3. The lowest BCUT2D eigenvalue weighted by Gasteiger charge is -2.19. The highest BCUT2D eigenvalue weighted by Crippen LogP contribution is 2.24. The molecule has 7 heteroatoms. The van der Waals surface area contributed by atoms with Crippen LogP contribution in [0.15, 0.2) is 65.6 Å². The summed E-state index contributed by atoms with van der Waals surface area (Å²) < 4.78 is 11.9. The van der Waals surface area contributed by atoms with Gasteiger partial charge in [-0.25, -0.2) is 14.8 Å². The van der Waals surface area contributed by atoms with Gasteiger partial charge < -0.3 is 9.47 Å². The molecule has 0 amide bonds. The molecule has 3 aromatic heterocycles. The van der Waals surface area contributed by atoms with Crippen LogP contribution in [-0.2, 0) is 11.2 Å². The molecule has 3 heterocycles. The van der Waals surface area contributed by atoms with Crippen LogP contribution in [0.1, 0.15) is 27.3 Å². The van der Waals surface area contributed by atoms with Gasteiger partial charge in [0.15, 0.2) is 5.43 Å². The maximum atomic E-state index is 13.5. The second-order valence-corrected chi connectivity index (χ2v) is 7.03. The number of aromatic nitrogens is 3. The van der Waals surface area contributed by atoms with Crippen molar-refractivity contribution >= 4 is 17.0 Å². The van der Waals surface area contributed by atoms with Crippen molar-refractivity contribution in [2.75, 3.05) is 14.2 Å². The number of para-hydroxylation sites is 1. The van der Waals surface area contributed by atoms with E-state index in [9.17, 15) is 9.59 Å². The lowest BCUT2D eigenvalue weighted by molar-refractivity contribution is 0.0590. The van der Waals surface area contributed by atoms with E-state index in [1.54, 1.807) is 29.0 Å². The molecule has 0 aliphatic heterocycles. The molecule has 0 fully saturated rings. The fourth-order valence-corrected chi connectivity index (χ4v) is 3.55. The molecule has 0 saturated heterocycles. The Hall–Kier alpha value is -4.00. The molecular formula is C24H21N3O4. The van der Waals surface area contributed by atoms with E-state index in [0.29, 0.717) is 28.2 Å². The molecule has 31 heavy (non-hydrogen) atoms. The minimum atomic E-state index is -0.609. The third-order valence-electron chi connectivity index (χ3n) is 5.04. The maximum Gasteiger partial charge on any atom is 0.355 e. The van der Waals surface area contributed by atoms with E-state index in [-0.39, 0.29) is 17.5 Å². The van der Waals surface area contributed by atoms with Crippen LogP contribution in [0.3, 0.4) is 0 Å². The predicted molar refractivity (Wildman–Crippen MR) is 117 cm³/mol. The third kappa shape index (κ3) is 3.77. The van der Waals surface area contributed by atoms with Crippen LogP contribution in [0.4, 0.5) is 0 Å². The maximum absolute atomic E-state index is 13.5. The van der Waals surface area contributed by atoms with Crippen LogP contribution in [0.5, 0.6) is 5.88 Å². The van der Waals surface area contributed by atoms with Gasteiger partial charge in [-0.2, -0.15) is 0 Å². The highest BCUT2D eigenvalue weighted by Gasteiger charge is 2.25. The third-order valence-corrected chi connectivity index (χ3v) is 5.04. The number of carbonyl (C=O) groups is 1. The van der Waals surface area contributed by atoms with Crippen LogP contribution in [0.2, 0.25) is 0 Å². The van der Waals surface area contributed by atoms with Crippen LogP contribution in [0.25, 0.3) is 16.7 Å². The summed E-state index contributed by atoms with van der Waals surface area (Å²) in [6.45, 7) is 1.84. The van der Waals surface area contributed by atoms with Gasteiger partial charge in [-0.3, -0.25) is 9.36 Å². The number of esters is 1. The van der Waals surface area contributed by atoms with E-state index in [4.69, 9.17) is 9.47 Å². The molecule has 4 rings (SSSR count). The van der Waals surface area contributed by atoms with Gasteiger partial charge in [-0.1, -0.05) is 24.3 Å². The topological polar surface area (TPSA) is 83.3 Å². The SMILES string of the molecule is COC(=O)c1c(Cc2ccc(OC)nc2)c(=O)c2ccc(C)nc2n1-c1ccccc1. The zero-order chi connectivity index (χ0) is 22.0. The normalized spacial score (nSPS) is 10.8. The molecule has 0 bridgehead atoms. The molecule has 0 saturated carbocycles. The number of nitrogens with zero attached hydrogens (tertiary/aromatic N) is 3. The highest BCUT2D eigenvalue weighted by molar-refractivity contribution is 5.94. The first-order valence-electron chi connectivity index (χ1n) is 9.71. The molecular weight excluding hydrogens is 394 g/mol. The molecule has 0 aliphatic carbocycles. The fourth-order valence-electron chi connectivity index (χ4n) is 3.55. The number of hydrogen-bond donors (Lipinski definition) is 0. The van der Waals surface area contributed by atoms with Crippen molar-refractivity contribution in [3.05, 3.63) is 93.5 Å². The van der Waals surface area contributed by atoms with E-state index in [0.717, 1.165) is 11.3 Å². The van der Waals surface area contributed by atoms with Gasteiger partial charge in [0, 0.05) is 35.6 Å². The molecule has 0 unspecified atom stereocenters. The summed E-state index contributed by atoms with van der Waals surface area (Å²) in [5.41, 5.74) is 2.83. The molecule has 0 N–H and O–H groups in total. The molecule has 0 aliphatic rings. The number of aryl methyl sites for hydroxylation is 1. The summed E-state index contributed by atoms with van der Waals surface area (Å²) in [6.07, 6.45) is 1.83. The van der Waals surface area contributed by atoms with E-state index >= 15 is 0 Å². The number of ether oxygens (including phenoxy) is 2. The van der Waals surface area contributed by atoms with Gasteiger partial charge in [0.2, 0.25) is 5.88 Å². The molecule has 156 valence electrons. The lowest BCUT2D eigenvalue weighted by atomic mass is 10.0. The first-order valence-corrected chi connectivity index (χ1v) is 9.71. The average Bonchev–Trinajstić information content (AvgIpc) is 2.81. The number of carbonyl (C=O) groups excluding carboxylic acids is 1.